The first kappa shape index (κ1) is 25.2. The fourth-order valence-corrected chi connectivity index (χ4v) is 4.32. The Labute approximate surface area is 207 Å². The number of nitrogens with zero attached hydrogens (tertiary/aromatic N) is 2. The van der Waals surface area contributed by atoms with E-state index in [2.05, 4.69) is 10.2 Å². The van der Waals surface area contributed by atoms with Gasteiger partial charge in [0.25, 0.3) is 5.91 Å². The number of benzene rings is 2. The molecule has 2 atom stereocenters. The number of Topliss-reactive ketones (excluding diaryl/α,β-unsaturated/α-hetero) is 1. The molecule has 1 fully saturated rings. The first-order valence-corrected chi connectivity index (χ1v) is 11.8. The van der Waals surface area contributed by atoms with Gasteiger partial charge in [0.05, 0.1) is 29.2 Å². The van der Waals surface area contributed by atoms with E-state index in [0.29, 0.717) is 17.4 Å². The standard InChI is InChI=1S/C26H28FN3O6/c1-15(2)24(25(34)28-17(13-23(32)33)22(31)14-27)36-26(35)30-20-9-5-3-7-18(20)29(16-11-12-16)19-8-4-6-10-21(19)30/h3-10,15-17,24H,11-14H2,1-2H3,(H,28,34)(H,32,33). The van der Waals surface area contributed by atoms with Crippen LogP contribution in [0.4, 0.5) is 31.9 Å². The van der Waals surface area contributed by atoms with E-state index >= 15 is 0 Å². The Morgan fingerprint density at radius 3 is 1.97 bits per heavy atom. The number of rotatable bonds is 9. The van der Waals surface area contributed by atoms with Crippen molar-refractivity contribution in [2.45, 2.75) is 51.3 Å². The first-order valence-electron chi connectivity index (χ1n) is 11.8. The van der Waals surface area contributed by atoms with Crippen molar-refractivity contribution in [3.63, 3.8) is 0 Å². The molecule has 1 aliphatic carbocycles. The second kappa shape index (κ2) is 10.3. The van der Waals surface area contributed by atoms with Gasteiger partial charge in [-0.25, -0.2) is 14.1 Å². The SMILES string of the molecule is CC(C)C(OC(=O)N1c2ccccc2N(C2CC2)c2ccccc21)C(=O)NC(CC(=O)O)C(=O)CF. The van der Waals surface area contributed by atoms with E-state index in [4.69, 9.17) is 9.84 Å². The molecule has 1 heterocycles. The second-order valence-corrected chi connectivity index (χ2v) is 9.22. The number of amides is 2. The van der Waals surface area contributed by atoms with Gasteiger partial charge in [-0.3, -0.25) is 14.4 Å². The summed E-state index contributed by atoms with van der Waals surface area (Å²) in [6, 6.07) is 13.6. The van der Waals surface area contributed by atoms with Gasteiger partial charge in [-0.05, 0) is 43.0 Å². The number of halogens is 1. The lowest BCUT2D eigenvalue weighted by Gasteiger charge is -2.39. The van der Waals surface area contributed by atoms with Gasteiger partial charge < -0.3 is 20.1 Å². The number of carboxylic acid groups (broad SMARTS) is 1. The Morgan fingerprint density at radius 1 is 1.00 bits per heavy atom. The second-order valence-electron chi connectivity index (χ2n) is 9.22. The van der Waals surface area contributed by atoms with E-state index in [1.165, 1.54) is 4.90 Å². The molecule has 0 aromatic heterocycles. The van der Waals surface area contributed by atoms with Gasteiger partial charge in [-0.2, -0.15) is 0 Å². The number of hydrogen-bond donors (Lipinski definition) is 2. The number of carbonyl (C=O) groups excluding carboxylic acids is 3. The van der Waals surface area contributed by atoms with Gasteiger partial charge in [0, 0.05) is 6.04 Å². The summed E-state index contributed by atoms with van der Waals surface area (Å²) in [5.41, 5.74) is 2.90. The minimum atomic E-state index is -1.57. The Bertz CT molecular complexity index is 1130. The average molecular weight is 498 g/mol. The normalized spacial score (nSPS) is 16.0. The molecule has 0 radical (unpaired) electrons. The maximum absolute atomic E-state index is 13.6. The lowest BCUT2D eigenvalue weighted by molar-refractivity contribution is -0.141. The van der Waals surface area contributed by atoms with Gasteiger partial charge in [0.15, 0.2) is 11.9 Å². The summed E-state index contributed by atoms with van der Waals surface area (Å²) in [6.45, 7) is 1.87. The lowest BCUT2D eigenvalue weighted by Crippen LogP contribution is -2.50. The maximum atomic E-state index is 13.6. The number of para-hydroxylation sites is 4. The van der Waals surface area contributed by atoms with E-state index in [9.17, 15) is 23.6 Å². The molecule has 0 saturated heterocycles. The highest BCUT2D eigenvalue weighted by molar-refractivity contribution is 6.08. The molecule has 2 aliphatic rings. The van der Waals surface area contributed by atoms with Crippen LogP contribution in [0.5, 0.6) is 0 Å². The van der Waals surface area contributed by atoms with Gasteiger partial charge in [0.2, 0.25) is 0 Å². The number of fused-ring (bicyclic) bond motifs is 2. The Kier molecular flexibility index (Phi) is 7.23. The Morgan fingerprint density at radius 2 is 1.53 bits per heavy atom. The number of carboxylic acids is 1. The maximum Gasteiger partial charge on any atom is 0.419 e. The number of hydrogen-bond acceptors (Lipinski definition) is 6. The minimum absolute atomic E-state index is 0.332. The lowest BCUT2D eigenvalue weighted by atomic mass is 10.0. The molecule has 9 nitrogen and oxygen atoms in total. The van der Waals surface area contributed by atoms with Crippen molar-refractivity contribution < 1.29 is 33.4 Å². The number of ether oxygens (including phenoxy) is 1. The van der Waals surface area contributed by atoms with E-state index in [1.54, 1.807) is 26.0 Å². The van der Waals surface area contributed by atoms with Gasteiger partial charge in [-0.1, -0.05) is 38.1 Å². The number of carbonyl (C=O) groups is 4. The molecule has 4 rings (SSSR count). The number of aliphatic carboxylic acids is 1. The van der Waals surface area contributed by atoms with Gasteiger partial charge in [0.1, 0.15) is 12.7 Å². The molecule has 190 valence electrons. The molecule has 2 aromatic rings. The van der Waals surface area contributed by atoms with Crippen molar-refractivity contribution in [2.75, 3.05) is 16.5 Å². The van der Waals surface area contributed by atoms with E-state index in [-0.39, 0.29) is 0 Å². The summed E-state index contributed by atoms with van der Waals surface area (Å²) in [7, 11) is 0. The van der Waals surface area contributed by atoms with Crippen LogP contribution in [0.2, 0.25) is 0 Å². The molecule has 10 heteroatoms. The number of alkyl halides is 1. The van der Waals surface area contributed by atoms with E-state index in [1.807, 2.05) is 36.4 Å². The monoisotopic (exact) mass is 497 g/mol. The highest BCUT2D eigenvalue weighted by Gasteiger charge is 2.41. The van der Waals surface area contributed by atoms with Crippen LogP contribution < -0.4 is 15.1 Å². The van der Waals surface area contributed by atoms with Crippen LogP contribution in [0, 0.1) is 5.92 Å². The van der Waals surface area contributed by atoms with Crippen molar-refractivity contribution in [3.8, 4) is 0 Å². The Balaban J connectivity index is 1.62. The highest BCUT2D eigenvalue weighted by Crippen LogP contribution is 2.52. The summed E-state index contributed by atoms with van der Waals surface area (Å²) < 4.78 is 18.6. The molecule has 2 aromatic carbocycles. The molecule has 0 bridgehead atoms. The van der Waals surface area contributed by atoms with Crippen molar-refractivity contribution in [2.24, 2.45) is 5.92 Å². The molecule has 36 heavy (non-hydrogen) atoms. The first-order chi connectivity index (χ1) is 17.2. The molecule has 0 spiro atoms. The molecular formula is C26H28FN3O6. The third kappa shape index (κ3) is 5.02. The summed E-state index contributed by atoms with van der Waals surface area (Å²) in [6.07, 6.45) is -0.847. The van der Waals surface area contributed by atoms with Gasteiger partial charge in [-0.15, -0.1) is 0 Å². The Hall–Kier alpha value is -3.95. The van der Waals surface area contributed by atoms with Crippen LogP contribution in [-0.4, -0.2) is 53.7 Å². The zero-order valence-electron chi connectivity index (χ0n) is 20.0. The van der Waals surface area contributed by atoms with E-state index in [0.717, 1.165) is 24.2 Å². The van der Waals surface area contributed by atoms with Crippen LogP contribution in [0.15, 0.2) is 48.5 Å². The van der Waals surface area contributed by atoms with Crippen LogP contribution in [0.1, 0.15) is 33.1 Å². The smallest absolute Gasteiger partial charge is 0.419 e. The zero-order valence-corrected chi connectivity index (χ0v) is 20.0. The van der Waals surface area contributed by atoms with E-state index < -0.39 is 54.9 Å². The molecule has 2 amide bonds. The van der Waals surface area contributed by atoms with Crippen molar-refractivity contribution in [1.82, 2.24) is 5.32 Å². The highest BCUT2D eigenvalue weighted by atomic mass is 19.1. The molecule has 2 N–H and O–H groups in total. The fraction of sp³-hybridized carbons (Fsp3) is 0.385. The number of ketones is 1. The third-order valence-corrected chi connectivity index (χ3v) is 6.17. The summed E-state index contributed by atoms with van der Waals surface area (Å²) in [5.74, 6) is -3.83. The topological polar surface area (TPSA) is 116 Å². The summed E-state index contributed by atoms with van der Waals surface area (Å²) >= 11 is 0. The number of anilines is 4. The van der Waals surface area contributed by atoms with Crippen LogP contribution in [0.3, 0.4) is 0 Å². The van der Waals surface area contributed by atoms with Crippen molar-refractivity contribution in [3.05, 3.63) is 48.5 Å². The largest absolute Gasteiger partial charge is 0.481 e. The predicted octanol–water partition coefficient (Wildman–Crippen LogP) is 4.10. The van der Waals surface area contributed by atoms with Crippen LogP contribution in [-0.2, 0) is 19.1 Å². The minimum Gasteiger partial charge on any atom is -0.481 e. The van der Waals surface area contributed by atoms with Crippen molar-refractivity contribution in [1.29, 1.82) is 0 Å². The zero-order chi connectivity index (χ0) is 26.0. The third-order valence-electron chi connectivity index (χ3n) is 6.17. The van der Waals surface area contributed by atoms with Crippen LogP contribution >= 0.6 is 0 Å². The molecule has 1 aliphatic heterocycles. The summed E-state index contributed by atoms with van der Waals surface area (Å²) in [5, 5.41) is 11.3. The predicted molar refractivity (Wildman–Crippen MR) is 130 cm³/mol. The summed E-state index contributed by atoms with van der Waals surface area (Å²) in [4.78, 5) is 53.1. The average Bonchev–Trinajstić information content (AvgIpc) is 3.69. The molecule has 2 unspecified atom stereocenters. The quantitative estimate of drug-likeness (QED) is 0.536. The molecular weight excluding hydrogens is 469 g/mol. The van der Waals surface area contributed by atoms with Crippen molar-refractivity contribution >= 4 is 46.5 Å². The van der Waals surface area contributed by atoms with Crippen LogP contribution in [0.25, 0.3) is 0 Å². The fourth-order valence-electron chi connectivity index (χ4n) is 4.32. The van der Waals surface area contributed by atoms with Gasteiger partial charge >= 0.3 is 12.1 Å². The number of nitrogens with one attached hydrogen (secondary N) is 1. The molecule has 1 saturated carbocycles.